The fourth-order valence-electron chi connectivity index (χ4n) is 3.22. The minimum Gasteiger partial charge on any atom is -0.482 e. The molecule has 0 radical (unpaired) electrons. The van der Waals surface area contributed by atoms with Crippen LogP contribution in [0.15, 0.2) is 47.6 Å². The van der Waals surface area contributed by atoms with Crippen LogP contribution < -0.4 is 10.1 Å². The summed E-state index contributed by atoms with van der Waals surface area (Å²) in [6.45, 7) is 8.52. The summed E-state index contributed by atoms with van der Waals surface area (Å²) in [7, 11) is 0. The van der Waals surface area contributed by atoms with Crippen molar-refractivity contribution >= 4 is 40.9 Å². The average molecular weight is 503 g/mol. The highest BCUT2D eigenvalue weighted by Crippen LogP contribution is 2.28. The highest BCUT2D eigenvalue weighted by atomic mass is 35.5. The van der Waals surface area contributed by atoms with Crippen LogP contribution in [0.1, 0.15) is 48.6 Å². The molecule has 2 aromatic carbocycles. The second kappa shape index (κ2) is 11.9. The fourth-order valence-corrected chi connectivity index (χ4v) is 4.26. The third-order valence-corrected chi connectivity index (χ3v) is 6.08. The molecule has 0 saturated heterocycles. The molecule has 0 saturated carbocycles. The quantitative estimate of drug-likeness (QED) is 0.296. The number of nitrogens with one attached hydrogen (secondary N) is 1. The molecule has 0 bridgehead atoms. The number of anilines is 1. The normalized spacial score (nSPS) is 11.7. The number of hydrogen-bond acceptors (Lipinski definition) is 7. The summed E-state index contributed by atoms with van der Waals surface area (Å²) in [5, 5.41) is 12.7. The van der Waals surface area contributed by atoms with E-state index in [-0.39, 0.29) is 17.8 Å². The first-order valence-corrected chi connectivity index (χ1v) is 12.2. The van der Waals surface area contributed by atoms with Gasteiger partial charge in [-0.3, -0.25) is 4.79 Å². The smallest absolute Gasteiger partial charge is 0.338 e. The Morgan fingerprint density at radius 2 is 1.88 bits per heavy atom. The number of nitrogens with zero attached hydrogens (tertiary/aromatic N) is 3. The molecular formula is C24H27ClN4O4S. The van der Waals surface area contributed by atoms with Crippen molar-refractivity contribution in [3.63, 3.8) is 0 Å². The molecule has 34 heavy (non-hydrogen) atoms. The monoisotopic (exact) mass is 502 g/mol. The lowest BCUT2D eigenvalue weighted by molar-refractivity contribution is -0.113. The molecule has 3 aromatic rings. The van der Waals surface area contributed by atoms with Crippen molar-refractivity contribution in [1.29, 1.82) is 0 Å². The van der Waals surface area contributed by atoms with Crippen LogP contribution in [0.3, 0.4) is 0 Å². The van der Waals surface area contributed by atoms with E-state index in [1.165, 1.54) is 11.8 Å². The van der Waals surface area contributed by atoms with Gasteiger partial charge in [-0.2, -0.15) is 0 Å². The molecule has 1 heterocycles. The first-order chi connectivity index (χ1) is 16.3. The van der Waals surface area contributed by atoms with Gasteiger partial charge in [-0.1, -0.05) is 23.4 Å². The van der Waals surface area contributed by atoms with Crippen molar-refractivity contribution in [2.75, 3.05) is 17.7 Å². The summed E-state index contributed by atoms with van der Waals surface area (Å²) in [6, 6.07) is 12.0. The number of aryl methyl sites for hydroxylation is 1. The Bertz CT molecular complexity index is 1150. The average Bonchev–Trinajstić information content (AvgIpc) is 3.23. The van der Waals surface area contributed by atoms with Crippen LogP contribution in [-0.4, -0.2) is 39.0 Å². The van der Waals surface area contributed by atoms with Crippen molar-refractivity contribution < 1.29 is 19.1 Å². The van der Waals surface area contributed by atoms with Crippen molar-refractivity contribution in [1.82, 2.24) is 14.8 Å². The van der Waals surface area contributed by atoms with Gasteiger partial charge in [0.05, 0.1) is 17.9 Å². The number of ether oxygens (including phenoxy) is 2. The number of carbonyl (C=O) groups is 2. The molecule has 0 aliphatic heterocycles. The van der Waals surface area contributed by atoms with Crippen LogP contribution in [0, 0.1) is 6.92 Å². The lowest BCUT2D eigenvalue weighted by Gasteiger charge is -2.17. The molecule has 0 aliphatic rings. The van der Waals surface area contributed by atoms with E-state index in [1.807, 2.05) is 37.5 Å². The Kier molecular flexibility index (Phi) is 8.95. The number of amides is 1. The van der Waals surface area contributed by atoms with Gasteiger partial charge in [0.25, 0.3) is 0 Å². The van der Waals surface area contributed by atoms with Crippen molar-refractivity contribution in [3.8, 4) is 5.75 Å². The highest BCUT2D eigenvalue weighted by Gasteiger charge is 2.20. The Hall–Kier alpha value is -3.04. The van der Waals surface area contributed by atoms with E-state index < -0.39 is 5.97 Å². The molecule has 1 aromatic heterocycles. The Labute approximate surface area is 208 Å². The maximum absolute atomic E-state index is 12.4. The molecule has 0 fully saturated rings. The van der Waals surface area contributed by atoms with E-state index in [4.69, 9.17) is 21.1 Å². The van der Waals surface area contributed by atoms with Crippen molar-refractivity contribution in [2.24, 2.45) is 0 Å². The summed E-state index contributed by atoms with van der Waals surface area (Å²) in [5.74, 6) is 0.972. The van der Waals surface area contributed by atoms with E-state index in [2.05, 4.69) is 15.5 Å². The maximum atomic E-state index is 12.4. The number of carbonyl (C=O) groups excluding carboxylic acids is 2. The predicted molar refractivity (Wildman–Crippen MR) is 133 cm³/mol. The summed E-state index contributed by atoms with van der Waals surface area (Å²) < 4.78 is 13.0. The molecule has 0 aliphatic carbocycles. The second-order valence-corrected chi connectivity index (χ2v) is 8.77. The topological polar surface area (TPSA) is 95.3 Å². The van der Waals surface area contributed by atoms with Crippen LogP contribution in [0.25, 0.3) is 0 Å². The third-order valence-electron chi connectivity index (χ3n) is 4.88. The Morgan fingerprint density at radius 1 is 1.15 bits per heavy atom. The second-order valence-electron chi connectivity index (χ2n) is 7.39. The van der Waals surface area contributed by atoms with Gasteiger partial charge < -0.3 is 19.4 Å². The largest absolute Gasteiger partial charge is 0.482 e. The first kappa shape index (κ1) is 25.6. The minimum absolute atomic E-state index is 0.156. The molecule has 8 nitrogen and oxygen atoms in total. The minimum atomic E-state index is -0.393. The fraction of sp³-hybridized carbons (Fsp3) is 0.333. The number of benzene rings is 2. The van der Waals surface area contributed by atoms with Gasteiger partial charge in [0.1, 0.15) is 5.75 Å². The molecule has 10 heteroatoms. The first-order valence-electron chi connectivity index (χ1n) is 10.9. The van der Waals surface area contributed by atoms with Gasteiger partial charge in [-0.15, -0.1) is 10.2 Å². The van der Waals surface area contributed by atoms with Gasteiger partial charge in [0.2, 0.25) is 5.91 Å². The van der Waals surface area contributed by atoms with Gasteiger partial charge in [-0.05, 0) is 75.7 Å². The molecule has 0 spiro atoms. The van der Waals surface area contributed by atoms with Gasteiger partial charge in [-0.25, -0.2) is 4.79 Å². The molecule has 1 amide bonds. The Morgan fingerprint density at radius 3 is 2.53 bits per heavy atom. The third kappa shape index (κ3) is 6.51. The molecular weight excluding hydrogens is 476 g/mol. The van der Waals surface area contributed by atoms with Crippen LogP contribution in [-0.2, 0) is 16.1 Å². The van der Waals surface area contributed by atoms with Crippen LogP contribution >= 0.6 is 23.4 Å². The van der Waals surface area contributed by atoms with Crippen LogP contribution in [0.2, 0.25) is 5.02 Å². The van der Waals surface area contributed by atoms with Crippen molar-refractivity contribution in [2.45, 2.75) is 45.5 Å². The summed E-state index contributed by atoms with van der Waals surface area (Å²) >= 11 is 7.32. The zero-order valence-electron chi connectivity index (χ0n) is 19.5. The number of esters is 1. The number of hydrogen-bond donors (Lipinski definition) is 1. The molecule has 1 unspecified atom stereocenters. The van der Waals surface area contributed by atoms with E-state index >= 15 is 0 Å². The Balaban J connectivity index is 1.59. The molecule has 180 valence electrons. The maximum Gasteiger partial charge on any atom is 0.338 e. The van der Waals surface area contributed by atoms with E-state index in [9.17, 15) is 9.59 Å². The predicted octanol–water partition coefficient (Wildman–Crippen LogP) is 5.31. The lowest BCUT2D eigenvalue weighted by Crippen LogP contribution is -2.15. The molecule has 1 N–H and O–H groups in total. The summed E-state index contributed by atoms with van der Waals surface area (Å²) in [4.78, 5) is 24.2. The standard InChI is InChI=1S/C24H27ClN4O4S/c1-5-29-22(16(4)33-20-12-9-18(25)13-15(20)3)27-28-24(29)34-14-21(30)26-19-10-7-17(8-11-19)23(31)32-6-2/h7-13,16H,5-6,14H2,1-4H3,(H,26,30). The van der Waals surface area contributed by atoms with Crippen LogP contribution in [0.5, 0.6) is 5.75 Å². The highest BCUT2D eigenvalue weighted by molar-refractivity contribution is 7.99. The number of aromatic nitrogens is 3. The van der Waals surface area contributed by atoms with Gasteiger partial charge in [0, 0.05) is 17.3 Å². The van der Waals surface area contributed by atoms with Gasteiger partial charge >= 0.3 is 5.97 Å². The van der Waals surface area contributed by atoms with Crippen molar-refractivity contribution in [3.05, 3.63) is 64.4 Å². The number of rotatable bonds is 10. The summed E-state index contributed by atoms with van der Waals surface area (Å²) in [6.07, 6.45) is -0.339. The molecule has 1 atom stereocenters. The molecule has 3 rings (SSSR count). The van der Waals surface area contributed by atoms with E-state index in [1.54, 1.807) is 37.3 Å². The van der Waals surface area contributed by atoms with E-state index in [0.29, 0.717) is 40.4 Å². The number of thioether (sulfide) groups is 1. The zero-order valence-corrected chi connectivity index (χ0v) is 21.1. The number of halogens is 1. The van der Waals surface area contributed by atoms with Gasteiger partial charge in [0.15, 0.2) is 17.1 Å². The zero-order chi connectivity index (χ0) is 24.7. The lowest BCUT2D eigenvalue weighted by atomic mass is 10.2. The van der Waals surface area contributed by atoms with Crippen LogP contribution in [0.4, 0.5) is 5.69 Å². The SMILES string of the molecule is CCOC(=O)c1ccc(NC(=O)CSc2nnc(C(C)Oc3ccc(Cl)cc3C)n2CC)cc1. The summed E-state index contributed by atoms with van der Waals surface area (Å²) in [5.41, 5.74) is 1.96. The van der Waals surface area contributed by atoms with E-state index in [0.717, 1.165) is 11.3 Å².